The van der Waals surface area contributed by atoms with E-state index in [-0.39, 0.29) is 11.4 Å². The third-order valence-electron chi connectivity index (χ3n) is 1.95. The van der Waals surface area contributed by atoms with E-state index in [2.05, 4.69) is 10.4 Å². The Morgan fingerprint density at radius 2 is 2.27 bits per heavy atom. The van der Waals surface area contributed by atoms with Gasteiger partial charge in [0.1, 0.15) is 17.4 Å². The number of aromatic nitrogens is 2. The second-order valence-corrected chi connectivity index (χ2v) is 3.10. The first-order valence-corrected chi connectivity index (χ1v) is 4.24. The van der Waals surface area contributed by atoms with Crippen molar-refractivity contribution in [2.45, 2.75) is 13.0 Å². The molecule has 0 saturated carbocycles. The Morgan fingerprint density at radius 3 is 2.67 bits per heavy atom. The molecule has 0 aromatic carbocycles. The highest BCUT2D eigenvalue weighted by atomic mass is 16.4. The van der Waals surface area contributed by atoms with E-state index in [1.54, 1.807) is 7.05 Å². The van der Waals surface area contributed by atoms with E-state index in [9.17, 15) is 9.59 Å². The molecular weight excluding hydrogens is 200 g/mol. The van der Waals surface area contributed by atoms with Crippen LogP contribution >= 0.6 is 0 Å². The van der Waals surface area contributed by atoms with E-state index in [4.69, 9.17) is 10.8 Å². The number of hydrogen-bond acceptors (Lipinski definition) is 4. The van der Waals surface area contributed by atoms with Gasteiger partial charge in [0, 0.05) is 7.05 Å². The van der Waals surface area contributed by atoms with Gasteiger partial charge in [-0.3, -0.25) is 14.3 Å². The number of nitrogens with one attached hydrogen (secondary N) is 1. The van der Waals surface area contributed by atoms with Crippen LogP contribution in [0.3, 0.4) is 0 Å². The van der Waals surface area contributed by atoms with Gasteiger partial charge in [-0.25, -0.2) is 0 Å². The molecule has 1 aromatic heterocycles. The lowest BCUT2D eigenvalue weighted by molar-refractivity contribution is -0.138. The molecular formula is C8H12N4O3. The van der Waals surface area contributed by atoms with Gasteiger partial charge < -0.3 is 16.2 Å². The first-order chi connectivity index (χ1) is 6.93. The van der Waals surface area contributed by atoms with Gasteiger partial charge in [-0.2, -0.15) is 5.10 Å². The number of hydrogen-bond donors (Lipinski definition) is 3. The highest BCUT2D eigenvalue weighted by molar-refractivity contribution is 5.99. The minimum Gasteiger partial charge on any atom is -0.480 e. The molecule has 1 heterocycles. The summed E-state index contributed by atoms with van der Waals surface area (Å²) in [5.74, 6) is -1.45. The zero-order chi connectivity index (χ0) is 11.6. The van der Waals surface area contributed by atoms with Crippen LogP contribution in [0.2, 0.25) is 0 Å². The molecule has 0 fully saturated rings. The van der Waals surface area contributed by atoms with E-state index in [1.807, 2.05) is 0 Å². The van der Waals surface area contributed by atoms with Crippen molar-refractivity contribution in [1.82, 2.24) is 15.1 Å². The number of nitrogens with two attached hydrogens (primary N) is 1. The summed E-state index contributed by atoms with van der Waals surface area (Å²) < 4.78 is 1.33. The van der Waals surface area contributed by atoms with Gasteiger partial charge in [0.2, 0.25) is 0 Å². The van der Waals surface area contributed by atoms with E-state index in [1.165, 1.54) is 17.8 Å². The van der Waals surface area contributed by atoms with Crippen LogP contribution < -0.4 is 11.1 Å². The lowest BCUT2D eigenvalue weighted by Gasteiger charge is -2.08. The maximum Gasteiger partial charge on any atom is 0.325 e. The molecule has 82 valence electrons. The van der Waals surface area contributed by atoms with Crippen LogP contribution in [0, 0.1) is 0 Å². The number of amides is 1. The third kappa shape index (κ3) is 2.25. The second-order valence-electron chi connectivity index (χ2n) is 3.10. The number of aliphatic carboxylic acids is 1. The van der Waals surface area contributed by atoms with Crippen molar-refractivity contribution in [2.24, 2.45) is 7.05 Å². The zero-order valence-corrected chi connectivity index (χ0v) is 8.39. The van der Waals surface area contributed by atoms with Gasteiger partial charge in [0.25, 0.3) is 5.91 Å². The molecule has 4 N–H and O–H groups in total. The van der Waals surface area contributed by atoms with Gasteiger partial charge in [-0.05, 0) is 6.92 Å². The van der Waals surface area contributed by atoms with Crippen LogP contribution in [0.4, 0.5) is 5.82 Å². The molecule has 0 bridgehead atoms. The van der Waals surface area contributed by atoms with E-state index in [0.717, 1.165) is 0 Å². The SMILES string of the molecule is CC(NC(=O)c1cnn(C)c1N)C(=O)O. The molecule has 0 saturated heterocycles. The molecule has 0 aliphatic rings. The largest absolute Gasteiger partial charge is 0.480 e. The maximum absolute atomic E-state index is 11.5. The van der Waals surface area contributed by atoms with Crippen molar-refractivity contribution in [1.29, 1.82) is 0 Å². The Bertz CT molecular complexity index is 399. The highest BCUT2D eigenvalue weighted by Crippen LogP contribution is 2.08. The summed E-state index contributed by atoms with van der Waals surface area (Å²) in [4.78, 5) is 22.0. The Kier molecular flexibility index (Phi) is 2.93. The van der Waals surface area contributed by atoms with Crippen LogP contribution in [0.1, 0.15) is 17.3 Å². The van der Waals surface area contributed by atoms with Crippen molar-refractivity contribution in [2.75, 3.05) is 5.73 Å². The van der Waals surface area contributed by atoms with Crippen molar-refractivity contribution >= 4 is 17.7 Å². The van der Waals surface area contributed by atoms with Crippen LogP contribution in [0.5, 0.6) is 0 Å². The number of aryl methyl sites for hydroxylation is 1. The summed E-state index contributed by atoms with van der Waals surface area (Å²) in [6.07, 6.45) is 1.29. The van der Waals surface area contributed by atoms with Gasteiger partial charge in [-0.1, -0.05) is 0 Å². The van der Waals surface area contributed by atoms with Crippen molar-refractivity contribution < 1.29 is 14.7 Å². The summed E-state index contributed by atoms with van der Waals surface area (Å²) >= 11 is 0. The third-order valence-corrected chi connectivity index (χ3v) is 1.95. The fourth-order valence-electron chi connectivity index (χ4n) is 0.958. The van der Waals surface area contributed by atoms with Crippen LogP contribution in [0.25, 0.3) is 0 Å². The summed E-state index contributed by atoms with van der Waals surface area (Å²) in [7, 11) is 1.59. The molecule has 7 nitrogen and oxygen atoms in total. The molecule has 1 amide bonds. The summed E-state index contributed by atoms with van der Waals surface area (Å²) in [5.41, 5.74) is 5.72. The predicted octanol–water partition coefficient (Wildman–Crippen LogP) is -0.795. The molecule has 0 aliphatic heterocycles. The number of rotatable bonds is 3. The van der Waals surface area contributed by atoms with Crippen molar-refractivity contribution in [3.05, 3.63) is 11.8 Å². The normalized spacial score (nSPS) is 12.1. The fourth-order valence-corrected chi connectivity index (χ4v) is 0.958. The molecule has 1 rings (SSSR count). The number of anilines is 1. The number of carbonyl (C=O) groups excluding carboxylic acids is 1. The molecule has 1 aromatic rings. The summed E-state index contributed by atoms with van der Waals surface area (Å²) in [5, 5.41) is 14.6. The van der Waals surface area contributed by atoms with Gasteiger partial charge >= 0.3 is 5.97 Å². The van der Waals surface area contributed by atoms with Gasteiger partial charge in [0.15, 0.2) is 0 Å². The molecule has 1 atom stereocenters. The molecule has 7 heteroatoms. The Labute approximate surface area is 85.9 Å². The molecule has 0 aliphatic carbocycles. The topological polar surface area (TPSA) is 110 Å². The Morgan fingerprint density at radius 1 is 1.67 bits per heavy atom. The van der Waals surface area contributed by atoms with Gasteiger partial charge in [-0.15, -0.1) is 0 Å². The number of carboxylic acid groups (broad SMARTS) is 1. The van der Waals surface area contributed by atoms with Crippen molar-refractivity contribution in [3.8, 4) is 0 Å². The molecule has 0 radical (unpaired) electrons. The Hall–Kier alpha value is -2.05. The Balaban J connectivity index is 2.78. The smallest absolute Gasteiger partial charge is 0.325 e. The number of nitrogens with zero attached hydrogens (tertiary/aromatic N) is 2. The maximum atomic E-state index is 11.5. The quantitative estimate of drug-likeness (QED) is 0.607. The highest BCUT2D eigenvalue weighted by Gasteiger charge is 2.18. The molecule has 0 spiro atoms. The average Bonchev–Trinajstić information content (AvgIpc) is 2.47. The standard InChI is InChI=1S/C8H12N4O3/c1-4(8(14)15)11-7(13)5-3-10-12(2)6(5)9/h3-4H,9H2,1-2H3,(H,11,13)(H,14,15). The number of nitrogen functional groups attached to an aromatic ring is 1. The lowest BCUT2D eigenvalue weighted by atomic mass is 10.2. The van der Waals surface area contributed by atoms with E-state index in [0.29, 0.717) is 0 Å². The van der Waals surface area contributed by atoms with Crippen LogP contribution in [-0.4, -0.2) is 32.8 Å². The summed E-state index contributed by atoms with van der Waals surface area (Å²) in [6, 6.07) is -0.961. The molecule has 1 unspecified atom stereocenters. The lowest BCUT2D eigenvalue weighted by Crippen LogP contribution is -2.38. The predicted molar refractivity (Wildman–Crippen MR) is 52.2 cm³/mol. The minimum atomic E-state index is -1.11. The monoisotopic (exact) mass is 212 g/mol. The summed E-state index contributed by atoms with van der Waals surface area (Å²) in [6.45, 7) is 1.37. The average molecular weight is 212 g/mol. The zero-order valence-electron chi connectivity index (χ0n) is 8.39. The second kappa shape index (κ2) is 3.99. The molecule has 15 heavy (non-hydrogen) atoms. The fraction of sp³-hybridized carbons (Fsp3) is 0.375. The first-order valence-electron chi connectivity index (χ1n) is 4.24. The van der Waals surface area contributed by atoms with Crippen molar-refractivity contribution in [3.63, 3.8) is 0 Å². The minimum absolute atomic E-state index is 0.172. The van der Waals surface area contributed by atoms with Crippen LogP contribution in [0.15, 0.2) is 6.20 Å². The first kappa shape index (κ1) is 11.0. The van der Waals surface area contributed by atoms with E-state index >= 15 is 0 Å². The number of carbonyl (C=O) groups is 2. The number of carboxylic acids is 1. The van der Waals surface area contributed by atoms with Gasteiger partial charge in [0.05, 0.1) is 6.20 Å². The van der Waals surface area contributed by atoms with E-state index < -0.39 is 17.9 Å². The van der Waals surface area contributed by atoms with Crippen LogP contribution in [-0.2, 0) is 11.8 Å².